The van der Waals surface area contributed by atoms with Gasteiger partial charge in [0.25, 0.3) is 5.91 Å². The number of hydrogen-bond acceptors (Lipinski definition) is 4. The minimum absolute atomic E-state index is 0.0961. The molecule has 0 spiro atoms. The molecule has 2 aromatic carbocycles. The van der Waals surface area contributed by atoms with Crippen molar-refractivity contribution < 1.29 is 15.1 Å². The molecule has 0 unspecified atom stereocenters. The summed E-state index contributed by atoms with van der Waals surface area (Å²) in [6.07, 6.45) is 1.21. The number of aromatic hydroxyl groups is 1. The maximum atomic E-state index is 12.3. The van der Waals surface area contributed by atoms with Crippen LogP contribution in [0.2, 0.25) is 5.02 Å². The second-order valence-corrected chi connectivity index (χ2v) is 5.07. The first-order valence-corrected chi connectivity index (χ1v) is 6.81. The van der Waals surface area contributed by atoms with Gasteiger partial charge in [0.2, 0.25) is 0 Å². The average molecular weight is 315 g/mol. The van der Waals surface area contributed by atoms with Crippen LogP contribution in [0.1, 0.15) is 10.4 Å². The Hall–Kier alpha value is -2.63. The van der Waals surface area contributed by atoms with Crippen LogP contribution in [0.4, 0.5) is 5.69 Å². The lowest BCUT2D eigenvalue weighted by Gasteiger charge is -2.16. The van der Waals surface area contributed by atoms with E-state index in [9.17, 15) is 15.1 Å². The lowest BCUT2D eigenvalue weighted by molar-refractivity contribution is 0.0852. The zero-order chi connectivity index (χ0) is 15.7. The summed E-state index contributed by atoms with van der Waals surface area (Å²) in [5.74, 6) is -1.02. The Morgan fingerprint density at radius 1 is 1.14 bits per heavy atom. The highest BCUT2D eigenvalue weighted by Gasteiger charge is 2.21. The average Bonchev–Trinajstić information content (AvgIpc) is 2.54. The first-order valence-electron chi connectivity index (χ1n) is 6.43. The molecule has 110 valence electrons. The number of carbonyl (C=O) groups is 1. The Morgan fingerprint density at radius 2 is 1.86 bits per heavy atom. The van der Waals surface area contributed by atoms with E-state index in [0.717, 1.165) is 0 Å². The molecule has 3 aromatic rings. The molecule has 0 fully saturated rings. The van der Waals surface area contributed by atoms with Crippen molar-refractivity contribution >= 4 is 34.1 Å². The number of halogens is 1. The van der Waals surface area contributed by atoms with E-state index >= 15 is 0 Å². The normalized spacial score (nSPS) is 10.6. The van der Waals surface area contributed by atoms with Gasteiger partial charge in [-0.25, -0.2) is 0 Å². The summed E-state index contributed by atoms with van der Waals surface area (Å²) >= 11 is 5.87. The van der Waals surface area contributed by atoms with Crippen molar-refractivity contribution in [1.29, 1.82) is 0 Å². The number of carbonyl (C=O) groups excluding carboxylic acids is 1. The van der Waals surface area contributed by atoms with E-state index in [-0.39, 0.29) is 11.3 Å². The van der Waals surface area contributed by atoms with Crippen LogP contribution >= 0.6 is 11.6 Å². The Bertz CT molecular complexity index is 853. The molecular weight excluding hydrogens is 304 g/mol. The van der Waals surface area contributed by atoms with E-state index in [2.05, 4.69) is 4.98 Å². The Kier molecular flexibility index (Phi) is 3.66. The zero-order valence-electron chi connectivity index (χ0n) is 11.3. The van der Waals surface area contributed by atoms with Crippen molar-refractivity contribution in [2.45, 2.75) is 0 Å². The van der Waals surface area contributed by atoms with Crippen molar-refractivity contribution in [3.63, 3.8) is 0 Å². The maximum absolute atomic E-state index is 12.3. The third-order valence-electron chi connectivity index (χ3n) is 3.23. The zero-order valence-corrected chi connectivity index (χ0v) is 12.0. The minimum Gasteiger partial charge on any atom is -0.506 e. The minimum atomic E-state index is -0.770. The quantitative estimate of drug-likeness (QED) is 0.559. The summed E-state index contributed by atoms with van der Waals surface area (Å²) in [6, 6.07) is 13.0. The van der Waals surface area contributed by atoms with E-state index in [0.29, 0.717) is 26.7 Å². The van der Waals surface area contributed by atoms with Gasteiger partial charge in [-0.3, -0.25) is 15.0 Å². The summed E-state index contributed by atoms with van der Waals surface area (Å²) < 4.78 is 0. The number of pyridine rings is 1. The van der Waals surface area contributed by atoms with E-state index < -0.39 is 5.91 Å². The van der Waals surface area contributed by atoms with Gasteiger partial charge in [0, 0.05) is 16.6 Å². The molecule has 0 saturated heterocycles. The van der Waals surface area contributed by atoms with Gasteiger partial charge in [0.05, 0.1) is 11.2 Å². The highest BCUT2D eigenvalue weighted by molar-refractivity contribution is 6.31. The van der Waals surface area contributed by atoms with E-state index in [1.54, 1.807) is 48.5 Å². The van der Waals surface area contributed by atoms with E-state index in [1.807, 2.05) is 0 Å². The van der Waals surface area contributed by atoms with Crippen molar-refractivity contribution in [1.82, 2.24) is 4.98 Å². The van der Waals surface area contributed by atoms with Crippen molar-refractivity contribution in [3.8, 4) is 5.75 Å². The molecule has 0 aliphatic carbocycles. The predicted molar refractivity (Wildman–Crippen MR) is 83.5 cm³/mol. The van der Waals surface area contributed by atoms with Gasteiger partial charge >= 0.3 is 0 Å². The lowest BCUT2D eigenvalue weighted by atomic mass is 10.1. The van der Waals surface area contributed by atoms with Gasteiger partial charge in [0.1, 0.15) is 11.3 Å². The largest absolute Gasteiger partial charge is 0.506 e. The fraction of sp³-hybridized carbons (Fsp3) is 0. The van der Waals surface area contributed by atoms with Crippen molar-refractivity contribution in [3.05, 3.63) is 65.3 Å². The first kappa shape index (κ1) is 14.3. The molecule has 0 radical (unpaired) electrons. The molecule has 0 bridgehead atoms. The number of rotatable bonds is 2. The van der Waals surface area contributed by atoms with Gasteiger partial charge in [0.15, 0.2) is 0 Å². The SMILES string of the molecule is O=C(c1cnc2cc(Cl)ccc2c1O)N(O)c1ccccc1. The number of benzene rings is 2. The second kappa shape index (κ2) is 5.63. The van der Waals surface area contributed by atoms with Crippen LogP contribution in [-0.2, 0) is 0 Å². The Morgan fingerprint density at radius 3 is 2.59 bits per heavy atom. The number of aromatic nitrogens is 1. The highest BCUT2D eigenvalue weighted by atomic mass is 35.5. The number of para-hydroxylation sites is 1. The number of hydroxylamine groups is 1. The summed E-state index contributed by atoms with van der Waals surface area (Å²) in [5.41, 5.74) is 0.662. The van der Waals surface area contributed by atoms with Gasteiger partial charge in [-0.2, -0.15) is 5.06 Å². The van der Waals surface area contributed by atoms with Crippen LogP contribution in [0.25, 0.3) is 10.9 Å². The third-order valence-corrected chi connectivity index (χ3v) is 3.46. The number of hydrogen-bond donors (Lipinski definition) is 2. The lowest BCUT2D eigenvalue weighted by Crippen LogP contribution is -2.27. The maximum Gasteiger partial charge on any atom is 0.287 e. The van der Waals surface area contributed by atoms with Crippen LogP contribution < -0.4 is 5.06 Å². The molecule has 0 aliphatic rings. The number of anilines is 1. The van der Waals surface area contributed by atoms with Crippen molar-refractivity contribution in [2.75, 3.05) is 5.06 Å². The number of fused-ring (bicyclic) bond motifs is 1. The highest BCUT2D eigenvalue weighted by Crippen LogP contribution is 2.30. The van der Waals surface area contributed by atoms with Gasteiger partial charge in [-0.05, 0) is 30.3 Å². The fourth-order valence-corrected chi connectivity index (χ4v) is 2.28. The predicted octanol–water partition coefficient (Wildman–Crippen LogP) is 3.63. The van der Waals surface area contributed by atoms with Crippen LogP contribution in [-0.4, -0.2) is 21.2 Å². The summed E-state index contributed by atoms with van der Waals surface area (Å²) in [6.45, 7) is 0. The van der Waals surface area contributed by atoms with E-state index in [1.165, 1.54) is 6.20 Å². The molecule has 0 aliphatic heterocycles. The summed E-state index contributed by atoms with van der Waals surface area (Å²) in [4.78, 5) is 16.4. The fourth-order valence-electron chi connectivity index (χ4n) is 2.11. The van der Waals surface area contributed by atoms with Gasteiger partial charge in [-0.1, -0.05) is 29.8 Å². The molecule has 3 rings (SSSR count). The molecule has 1 amide bonds. The molecule has 1 heterocycles. The first-order chi connectivity index (χ1) is 10.6. The third kappa shape index (κ3) is 2.47. The van der Waals surface area contributed by atoms with Gasteiger partial charge < -0.3 is 5.11 Å². The smallest absolute Gasteiger partial charge is 0.287 e. The van der Waals surface area contributed by atoms with Crippen LogP contribution in [0.3, 0.4) is 0 Å². The Balaban J connectivity index is 2.05. The molecule has 22 heavy (non-hydrogen) atoms. The van der Waals surface area contributed by atoms with Crippen LogP contribution in [0.5, 0.6) is 5.75 Å². The molecular formula is C16H11ClN2O3. The van der Waals surface area contributed by atoms with Crippen LogP contribution in [0, 0.1) is 0 Å². The summed E-state index contributed by atoms with van der Waals surface area (Å²) in [7, 11) is 0. The van der Waals surface area contributed by atoms with E-state index in [4.69, 9.17) is 11.6 Å². The molecule has 5 nitrogen and oxygen atoms in total. The molecule has 1 aromatic heterocycles. The molecule has 2 N–H and O–H groups in total. The monoisotopic (exact) mass is 314 g/mol. The van der Waals surface area contributed by atoms with Crippen molar-refractivity contribution in [2.24, 2.45) is 0 Å². The molecule has 0 saturated carbocycles. The number of amides is 1. The summed E-state index contributed by atoms with van der Waals surface area (Å²) in [5, 5.41) is 21.6. The standard InChI is InChI=1S/C16H11ClN2O3/c17-10-6-7-12-14(8-10)18-9-13(15(12)20)16(21)19(22)11-4-2-1-3-5-11/h1-9,22H,(H,18,20). The molecule has 0 atom stereocenters. The van der Waals surface area contributed by atoms with Crippen LogP contribution in [0.15, 0.2) is 54.7 Å². The molecule has 6 heteroatoms. The van der Waals surface area contributed by atoms with Gasteiger partial charge in [-0.15, -0.1) is 0 Å². The second-order valence-electron chi connectivity index (χ2n) is 4.63. The topological polar surface area (TPSA) is 73.7 Å². The Labute approximate surface area is 131 Å². The number of nitrogens with zero attached hydrogens (tertiary/aromatic N) is 2.